The Kier molecular flexibility index (Phi) is 5.75. The molecule has 1 aromatic heterocycles. The van der Waals surface area contributed by atoms with Crippen molar-refractivity contribution in [3.05, 3.63) is 75.2 Å². The molecule has 9 heteroatoms. The second-order valence-corrected chi connectivity index (χ2v) is 6.66. The van der Waals surface area contributed by atoms with Crippen molar-refractivity contribution in [2.75, 3.05) is 11.9 Å². The average molecular weight is 397 g/mol. The van der Waals surface area contributed by atoms with E-state index in [0.717, 1.165) is 16.8 Å². The van der Waals surface area contributed by atoms with Gasteiger partial charge in [-0.3, -0.25) is 20.2 Å². The van der Waals surface area contributed by atoms with E-state index in [1.165, 1.54) is 35.6 Å². The first-order valence-corrected chi connectivity index (χ1v) is 9.05. The Balaban J connectivity index is 1.59. The predicted octanol–water partition coefficient (Wildman–Crippen LogP) is 3.82. The zero-order chi connectivity index (χ0) is 20.1. The Bertz CT molecular complexity index is 1030. The molecule has 0 fully saturated rings. The number of nitrogens with one attached hydrogen (secondary N) is 1. The van der Waals surface area contributed by atoms with Crippen molar-refractivity contribution in [1.82, 2.24) is 4.98 Å². The third-order valence-corrected chi connectivity index (χ3v) is 4.51. The highest BCUT2D eigenvalue weighted by molar-refractivity contribution is 7.14. The number of carbonyl (C=O) groups is 2. The number of nitro benzene ring substituents is 1. The second kappa shape index (κ2) is 8.40. The molecule has 1 heterocycles. The molecule has 2 aromatic carbocycles. The van der Waals surface area contributed by atoms with Gasteiger partial charge in [0.2, 0.25) is 0 Å². The van der Waals surface area contributed by atoms with Crippen LogP contribution in [0.2, 0.25) is 0 Å². The number of carbonyl (C=O) groups excluding carboxylic acids is 2. The third kappa shape index (κ3) is 4.57. The van der Waals surface area contributed by atoms with Gasteiger partial charge in [0.1, 0.15) is 5.56 Å². The summed E-state index contributed by atoms with van der Waals surface area (Å²) in [4.78, 5) is 38.6. The molecule has 0 atom stereocenters. The molecule has 28 heavy (non-hydrogen) atoms. The minimum absolute atomic E-state index is 0.212. The Hall–Kier alpha value is -3.59. The van der Waals surface area contributed by atoms with Gasteiger partial charge in [-0.15, -0.1) is 11.3 Å². The molecular weight excluding hydrogens is 382 g/mol. The fraction of sp³-hybridized carbons (Fsp3) is 0.105. The number of nitro groups is 1. The van der Waals surface area contributed by atoms with E-state index in [1.807, 2.05) is 31.2 Å². The van der Waals surface area contributed by atoms with Gasteiger partial charge in [-0.2, -0.15) is 0 Å². The largest absolute Gasteiger partial charge is 0.452 e. The van der Waals surface area contributed by atoms with Gasteiger partial charge in [0, 0.05) is 17.0 Å². The van der Waals surface area contributed by atoms with E-state index in [0.29, 0.717) is 5.13 Å². The highest BCUT2D eigenvalue weighted by atomic mass is 32.1. The molecule has 0 radical (unpaired) electrons. The van der Waals surface area contributed by atoms with Crippen LogP contribution in [0.5, 0.6) is 0 Å². The number of nitrogens with zero attached hydrogens (tertiary/aromatic N) is 2. The lowest BCUT2D eigenvalue weighted by molar-refractivity contribution is -0.385. The number of aryl methyl sites for hydroxylation is 1. The van der Waals surface area contributed by atoms with Crippen LogP contribution < -0.4 is 5.32 Å². The lowest BCUT2D eigenvalue weighted by Gasteiger charge is -2.05. The van der Waals surface area contributed by atoms with Crippen molar-refractivity contribution in [3.8, 4) is 11.3 Å². The molecule has 0 saturated carbocycles. The summed E-state index contributed by atoms with van der Waals surface area (Å²) in [7, 11) is 0. The summed E-state index contributed by atoms with van der Waals surface area (Å²) in [5, 5.41) is 15.7. The quantitative estimate of drug-likeness (QED) is 0.384. The standard InChI is InChI=1S/C19H15N3O5S/c1-12-6-8-13(9-7-12)15-11-28-19(20-15)21-17(23)10-27-18(24)14-4-2-3-5-16(14)22(25)26/h2-9,11H,10H2,1H3,(H,20,21,23). The van der Waals surface area contributed by atoms with Gasteiger partial charge in [-0.1, -0.05) is 42.0 Å². The normalized spacial score (nSPS) is 10.3. The Morgan fingerprint density at radius 3 is 2.61 bits per heavy atom. The molecular formula is C19H15N3O5S. The number of hydrogen-bond acceptors (Lipinski definition) is 7. The molecule has 1 amide bonds. The van der Waals surface area contributed by atoms with Crippen LogP contribution in [0.15, 0.2) is 53.9 Å². The van der Waals surface area contributed by atoms with Gasteiger partial charge in [0.15, 0.2) is 11.7 Å². The molecule has 8 nitrogen and oxygen atoms in total. The topological polar surface area (TPSA) is 111 Å². The van der Waals surface area contributed by atoms with E-state index < -0.39 is 23.4 Å². The van der Waals surface area contributed by atoms with Crippen LogP contribution in [0, 0.1) is 17.0 Å². The summed E-state index contributed by atoms with van der Waals surface area (Å²) >= 11 is 1.24. The van der Waals surface area contributed by atoms with E-state index >= 15 is 0 Å². The Morgan fingerprint density at radius 1 is 1.18 bits per heavy atom. The highest BCUT2D eigenvalue weighted by Gasteiger charge is 2.21. The van der Waals surface area contributed by atoms with E-state index in [2.05, 4.69) is 10.3 Å². The number of aromatic nitrogens is 1. The van der Waals surface area contributed by atoms with Crippen LogP contribution in [0.4, 0.5) is 10.8 Å². The first kappa shape index (κ1) is 19.2. The highest BCUT2D eigenvalue weighted by Crippen LogP contribution is 2.25. The van der Waals surface area contributed by atoms with Gasteiger partial charge >= 0.3 is 5.97 Å². The van der Waals surface area contributed by atoms with Crippen molar-refractivity contribution in [3.63, 3.8) is 0 Å². The zero-order valence-corrected chi connectivity index (χ0v) is 15.6. The van der Waals surface area contributed by atoms with Crippen LogP contribution in [0.25, 0.3) is 11.3 Å². The van der Waals surface area contributed by atoms with Crippen LogP contribution in [0.3, 0.4) is 0 Å². The lowest BCUT2D eigenvalue weighted by atomic mass is 10.1. The van der Waals surface area contributed by atoms with Crippen molar-refractivity contribution in [1.29, 1.82) is 0 Å². The maximum atomic E-state index is 12.0. The number of benzene rings is 2. The number of esters is 1. The van der Waals surface area contributed by atoms with E-state index in [1.54, 1.807) is 5.38 Å². The van der Waals surface area contributed by atoms with Crippen LogP contribution >= 0.6 is 11.3 Å². The van der Waals surface area contributed by atoms with Gasteiger partial charge < -0.3 is 4.74 Å². The molecule has 1 N–H and O–H groups in total. The summed E-state index contributed by atoms with van der Waals surface area (Å²) in [6.07, 6.45) is 0. The van der Waals surface area contributed by atoms with Crippen LogP contribution in [0.1, 0.15) is 15.9 Å². The van der Waals surface area contributed by atoms with Crippen molar-refractivity contribution in [2.45, 2.75) is 6.92 Å². The monoisotopic (exact) mass is 397 g/mol. The Labute approximate surface area is 164 Å². The Morgan fingerprint density at radius 2 is 1.89 bits per heavy atom. The van der Waals surface area contributed by atoms with Gasteiger partial charge in [-0.25, -0.2) is 9.78 Å². The molecule has 0 aliphatic heterocycles. The molecule has 142 valence electrons. The summed E-state index contributed by atoms with van der Waals surface area (Å²) in [5.74, 6) is -1.53. The molecule has 3 aromatic rings. The van der Waals surface area contributed by atoms with Gasteiger partial charge in [0.25, 0.3) is 11.6 Å². The summed E-state index contributed by atoms with van der Waals surface area (Å²) in [5.41, 5.74) is 2.18. The molecule has 3 rings (SSSR count). The van der Waals surface area contributed by atoms with Crippen LogP contribution in [-0.2, 0) is 9.53 Å². The van der Waals surface area contributed by atoms with Crippen LogP contribution in [-0.4, -0.2) is 28.4 Å². The number of hydrogen-bond donors (Lipinski definition) is 1. The van der Waals surface area contributed by atoms with Crippen molar-refractivity contribution < 1.29 is 19.2 Å². The average Bonchev–Trinajstić information content (AvgIpc) is 3.15. The minimum Gasteiger partial charge on any atom is -0.452 e. The van der Waals surface area contributed by atoms with Crippen molar-refractivity contribution in [2.24, 2.45) is 0 Å². The van der Waals surface area contributed by atoms with Gasteiger partial charge in [0.05, 0.1) is 10.6 Å². The molecule has 0 aliphatic rings. The molecule has 0 saturated heterocycles. The fourth-order valence-corrected chi connectivity index (χ4v) is 3.09. The first-order valence-electron chi connectivity index (χ1n) is 8.17. The molecule has 0 unspecified atom stereocenters. The molecule has 0 bridgehead atoms. The summed E-state index contributed by atoms with van der Waals surface area (Å²) < 4.78 is 4.88. The number of thiazole rings is 1. The fourth-order valence-electron chi connectivity index (χ4n) is 2.36. The van der Waals surface area contributed by atoms with Crippen molar-refractivity contribution >= 4 is 34.0 Å². The maximum Gasteiger partial charge on any atom is 0.345 e. The predicted molar refractivity (Wildman–Crippen MR) is 104 cm³/mol. The van der Waals surface area contributed by atoms with E-state index in [-0.39, 0.29) is 11.3 Å². The molecule has 0 spiro atoms. The number of ether oxygens (including phenoxy) is 1. The van der Waals surface area contributed by atoms with E-state index in [9.17, 15) is 19.7 Å². The SMILES string of the molecule is Cc1ccc(-c2csc(NC(=O)COC(=O)c3ccccc3[N+](=O)[O-])n2)cc1. The second-order valence-electron chi connectivity index (χ2n) is 5.80. The summed E-state index contributed by atoms with van der Waals surface area (Å²) in [6.45, 7) is 1.41. The summed E-state index contributed by atoms with van der Waals surface area (Å²) in [6, 6.07) is 13.2. The molecule has 0 aliphatic carbocycles. The zero-order valence-electron chi connectivity index (χ0n) is 14.7. The maximum absolute atomic E-state index is 12.0. The number of anilines is 1. The van der Waals surface area contributed by atoms with E-state index in [4.69, 9.17) is 4.74 Å². The third-order valence-electron chi connectivity index (χ3n) is 3.75. The number of rotatable bonds is 6. The first-order chi connectivity index (χ1) is 13.4. The number of amides is 1. The lowest BCUT2D eigenvalue weighted by Crippen LogP contribution is -2.21. The number of para-hydroxylation sites is 1. The minimum atomic E-state index is -0.943. The smallest absolute Gasteiger partial charge is 0.345 e. The van der Waals surface area contributed by atoms with Gasteiger partial charge in [-0.05, 0) is 13.0 Å².